The van der Waals surface area contributed by atoms with Crippen molar-refractivity contribution in [2.75, 3.05) is 19.7 Å². The van der Waals surface area contributed by atoms with Crippen molar-refractivity contribution in [3.63, 3.8) is 0 Å². The number of benzene rings is 1. The van der Waals surface area contributed by atoms with Gasteiger partial charge in [-0.2, -0.15) is 5.10 Å². The molecule has 0 aliphatic carbocycles. The summed E-state index contributed by atoms with van der Waals surface area (Å²) in [5.41, 5.74) is 2.98. The van der Waals surface area contributed by atoms with Crippen LogP contribution in [0.2, 0.25) is 25.7 Å². The molecule has 1 fully saturated rings. The molecule has 9 nitrogen and oxygen atoms in total. The van der Waals surface area contributed by atoms with E-state index < -0.39 is 13.6 Å². The van der Waals surface area contributed by atoms with Gasteiger partial charge in [-0.15, -0.1) is 0 Å². The largest absolute Gasteiger partial charge is 0.361 e. The minimum Gasteiger partial charge on any atom is -0.361 e. The van der Waals surface area contributed by atoms with Gasteiger partial charge >= 0.3 is 0 Å². The summed E-state index contributed by atoms with van der Waals surface area (Å²) < 4.78 is 24.1. The van der Waals surface area contributed by atoms with E-state index >= 15 is 0 Å². The molecular formula is C29H40FN7O2Si. The van der Waals surface area contributed by atoms with Crippen molar-refractivity contribution in [1.82, 2.24) is 34.9 Å². The molecular weight excluding hydrogens is 525 g/mol. The molecule has 1 aromatic carbocycles. The molecule has 0 unspecified atom stereocenters. The van der Waals surface area contributed by atoms with Crippen LogP contribution >= 0.6 is 0 Å². The molecule has 0 saturated carbocycles. The Morgan fingerprint density at radius 1 is 1.23 bits per heavy atom. The SMILES string of the molecule is CC(C)(C)NC(=O)c1cn(COCC[Si](C)(C)C)c2ncc(-c3nn(C4CCNCC4)c4cc(F)ccc34)nc12. The van der Waals surface area contributed by atoms with Crippen LogP contribution < -0.4 is 10.6 Å². The van der Waals surface area contributed by atoms with Gasteiger partial charge in [-0.25, -0.2) is 14.4 Å². The molecule has 2 N–H and O–H groups in total. The zero-order chi connectivity index (χ0) is 28.7. The Labute approximate surface area is 235 Å². The van der Waals surface area contributed by atoms with Gasteiger partial charge < -0.3 is 19.9 Å². The van der Waals surface area contributed by atoms with Crippen molar-refractivity contribution < 1.29 is 13.9 Å². The van der Waals surface area contributed by atoms with Crippen LogP contribution in [0, 0.1) is 5.82 Å². The average molecular weight is 566 g/mol. The van der Waals surface area contributed by atoms with E-state index in [4.69, 9.17) is 19.8 Å². The summed E-state index contributed by atoms with van der Waals surface area (Å²) in [4.78, 5) is 23.0. The average Bonchev–Trinajstić information content (AvgIpc) is 3.44. The van der Waals surface area contributed by atoms with Crippen molar-refractivity contribution in [3.8, 4) is 11.4 Å². The second-order valence-electron chi connectivity index (χ2n) is 12.9. The summed E-state index contributed by atoms with van der Waals surface area (Å²) in [5.74, 6) is -0.528. The topological polar surface area (TPSA) is 98.9 Å². The normalized spacial score (nSPS) is 15.3. The van der Waals surface area contributed by atoms with E-state index in [9.17, 15) is 9.18 Å². The van der Waals surface area contributed by atoms with E-state index in [0.717, 1.165) is 42.9 Å². The molecule has 0 radical (unpaired) electrons. The second kappa shape index (κ2) is 11.0. The number of carbonyl (C=O) groups excluding carboxylic acids is 1. The Kier molecular flexibility index (Phi) is 7.82. The number of nitrogens with zero attached hydrogens (tertiary/aromatic N) is 5. The summed E-state index contributed by atoms with van der Waals surface area (Å²) in [7, 11) is -1.23. The number of ether oxygens (including phenoxy) is 1. The number of aromatic nitrogens is 5. The molecule has 0 atom stereocenters. The Hall–Kier alpha value is -3.15. The molecule has 214 valence electrons. The molecule has 40 heavy (non-hydrogen) atoms. The highest BCUT2D eigenvalue weighted by molar-refractivity contribution is 6.76. The third kappa shape index (κ3) is 6.26. The number of hydrogen-bond donors (Lipinski definition) is 2. The van der Waals surface area contributed by atoms with Crippen LogP contribution in [-0.2, 0) is 11.5 Å². The van der Waals surface area contributed by atoms with Crippen LogP contribution in [0.15, 0.2) is 30.6 Å². The molecule has 0 spiro atoms. The van der Waals surface area contributed by atoms with Gasteiger partial charge in [0.1, 0.15) is 29.5 Å². The van der Waals surface area contributed by atoms with Crippen molar-refractivity contribution in [1.29, 1.82) is 0 Å². The summed E-state index contributed by atoms with van der Waals surface area (Å²) in [6.45, 7) is 15.5. The van der Waals surface area contributed by atoms with E-state index in [1.54, 1.807) is 18.5 Å². The molecule has 1 amide bonds. The molecule has 0 bridgehead atoms. The minimum atomic E-state index is -1.23. The van der Waals surface area contributed by atoms with E-state index in [-0.39, 0.29) is 24.5 Å². The van der Waals surface area contributed by atoms with Crippen LogP contribution in [0.5, 0.6) is 0 Å². The van der Waals surface area contributed by atoms with Crippen molar-refractivity contribution in [2.24, 2.45) is 0 Å². The smallest absolute Gasteiger partial charge is 0.255 e. The third-order valence-electron chi connectivity index (χ3n) is 7.09. The van der Waals surface area contributed by atoms with E-state index in [0.29, 0.717) is 34.7 Å². The van der Waals surface area contributed by atoms with Gasteiger partial charge in [0.15, 0.2) is 5.65 Å². The second-order valence-corrected chi connectivity index (χ2v) is 18.5. The Morgan fingerprint density at radius 3 is 2.67 bits per heavy atom. The number of rotatable bonds is 8. The first-order valence-electron chi connectivity index (χ1n) is 14.0. The van der Waals surface area contributed by atoms with Crippen molar-refractivity contribution in [3.05, 3.63) is 42.0 Å². The lowest BCUT2D eigenvalue weighted by Crippen LogP contribution is -2.40. The van der Waals surface area contributed by atoms with Crippen LogP contribution in [0.1, 0.15) is 50.0 Å². The quantitative estimate of drug-likeness (QED) is 0.221. The first kappa shape index (κ1) is 28.4. The van der Waals surface area contributed by atoms with Gasteiger partial charge in [0.2, 0.25) is 0 Å². The van der Waals surface area contributed by atoms with Gasteiger partial charge in [-0.1, -0.05) is 19.6 Å². The third-order valence-corrected chi connectivity index (χ3v) is 8.80. The van der Waals surface area contributed by atoms with E-state index in [2.05, 4.69) is 30.3 Å². The molecule has 11 heteroatoms. The Balaban J connectivity index is 1.57. The fourth-order valence-corrected chi connectivity index (χ4v) is 5.77. The maximum absolute atomic E-state index is 14.3. The monoisotopic (exact) mass is 565 g/mol. The van der Waals surface area contributed by atoms with Crippen molar-refractivity contribution in [2.45, 2.75) is 77.6 Å². The highest BCUT2D eigenvalue weighted by Crippen LogP contribution is 2.33. The molecule has 4 heterocycles. The molecule has 3 aromatic heterocycles. The first-order valence-corrected chi connectivity index (χ1v) is 17.8. The van der Waals surface area contributed by atoms with Crippen LogP contribution in [0.4, 0.5) is 4.39 Å². The number of nitrogens with one attached hydrogen (secondary N) is 2. The summed E-state index contributed by atoms with van der Waals surface area (Å²) in [5, 5.41) is 12.2. The molecule has 1 aliphatic rings. The maximum atomic E-state index is 14.3. The lowest BCUT2D eigenvalue weighted by molar-refractivity contribution is 0.0886. The predicted molar refractivity (Wildman–Crippen MR) is 159 cm³/mol. The van der Waals surface area contributed by atoms with Crippen LogP contribution in [0.25, 0.3) is 33.5 Å². The summed E-state index contributed by atoms with van der Waals surface area (Å²) in [6.07, 6.45) is 5.28. The highest BCUT2D eigenvalue weighted by atomic mass is 28.3. The van der Waals surface area contributed by atoms with Gasteiger partial charge in [0, 0.05) is 31.8 Å². The molecule has 1 saturated heterocycles. The minimum absolute atomic E-state index is 0.165. The Morgan fingerprint density at radius 2 is 1.98 bits per heavy atom. The molecule has 4 aromatic rings. The van der Waals surface area contributed by atoms with Gasteiger partial charge in [-0.3, -0.25) is 9.48 Å². The zero-order valence-corrected chi connectivity index (χ0v) is 25.3. The predicted octanol–water partition coefficient (Wildman–Crippen LogP) is 5.35. The number of hydrogen-bond acceptors (Lipinski definition) is 6. The number of carbonyl (C=O) groups is 1. The molecule has 5 rings (SSSR count). The van der Waals surface area contributed by atoms with E-state index in [1.807, 2.05) is 30.0 Å². The summed E-state index contributed by atoms with van der Waals surface area (Å²) >= 11 is 0. The number of piperidine rings is 1. The highest BCUT2D eigenvalue weighted by Gasteiger charge is 2.25. The Bertz CT molecular complexity index is 1530. The number of fused-ring (bicyclic) bond motifs is 2. The first-order chi connectivity index (χ1) is 18.9. The van der Waals surface area contributed by atoms with Gasteiger partial charge in [0.25, 0.3) is 5.91 Å². The number of amides is 1. The standard InChI is InChI=1S/C29H40FN7O2Si/c1-29(2,3)34-28(38)22-17-36(18-39-13-14-40(4,5)6)27-26(22)33-23(16-32-27)25-21-8-7-19(30)15-24(21)37(35-25)20-9-11-31-12-10-20/h7-8,15-17,20,31H,9-14,18H2,1-6H3,(H,34,38). The number of halogens is 1. The fraction of sp³-hybridized carbons (Fsp3) is 0.517. The maximum Gasteiger partial charge on any atom is 0.255 e. The van der Waals surface area contributed by atoms with Crippen molar-refractivity contribution >= 4 is 36.0 Å². The lowest BCUT2D eigenvalue weighted by Gasteiger charge is -2.23. The van der Waals surface area contributed by atoms with Crippen LogP contribution in [-0.4, -0.2) is 63.5 Å². The van der Waals surface area contributed by atoms with Gasteiger partial charge in [-0.05, 0) is 70.9 Å². The molecule has 1 aliphatic heterocycles. The fourth-order valence-electron chi connectivity index (χ4n) is 5.01. The lowest BCUT2D eigenvalue weighted by atomic mass is 10.1. The van der Waals surface area contributed by atoms with E-state index in [1.165, 1.54) is 12.1 Å². The summed E-state index contributed by atoms with van der Waals surface area (Å²) in [6, 6.07) is 5.95. The van der Waals surface area contributed by atoms with Gasteiger partial charge in [0.05, 0.1) is 23.3 Å². The zero-order valence-electron chi connectivity index (χ0n) is 24.3. The van der Waals surface area contributed by atoms with Crippen LogP contribution in [0.3, 0.4) is 0 Å².